The fraction of sp³-hybridized carbons (Fsp3) is 0.300. The van der Waals surface area contributed by atoms with E-state index >= 15 is 0 Å². The predicted octanol–water partition coefficient (Wildman–Crippen LogP) is 3.58. The molecule has 0 bridgehead atoms. The maximum atomic E-state index is 13.3. The number of benzene rings is 1. The molecule has 0 unspecified atom stereocenters. The molecule has 0 aliphatic carbocycles. The Hall–Kier alpha value is -2.87. The molecule has 7 nitrogen and oxygen atoms in total. The number of aromatic nitrogens is 3. The fourth-order valence-electron chi connectivity index (χ4n) is 3.91. The molecular formula is C20H19N5O2S. The van der Waals surface area contributed by atoms with Crippen molar-refractivity contribution in [3.8, 4) is 0 Å². The van der Waals surface area contributed by atoms with Gasteiger partial charge < -0.3 is 5.32 Å². The van der Waals surface area contributed by atoms with E-state index in [1.165, 1.54) is 11.8 Å². The summed E-state index contributed by atoms with van der Waals surface area (Å²) in [4.78, 5) is 32.0. The van der Waals surface area contributed by atoms with E-state index in [0.29, 0.717) is 18.5 Å². The van der Waals surface area contributed by atoms with E-state index in [1.54, 1.807) is 17.3 Å². The van der Waals surface area contributed by atoms with Crippen LogP contribution in [-0.2, 0) is 9.59 Å². The SMILES string of the molecule is CC(C)n1ncc2cc(NC(=O)[C@@]34CCC(=O)N3c3ccccc3S4)cnc21. The third kappa shape index (κ3) is 2.37. The third-order valence-corrected chi connectivity index (χ3v) is 6.68. The van der Waals surface area contributed by atoms with E-state index in [-0.39, 0.29) is 17.9 Å². The summed E-state index contributed by atoms with van der Waals surface area (Å²) in [5.74, 6) is -0.212. The number of amides is 2. The number of hydrogen-bond acceptors (Lipinski definition) is 5. The molecule has 2 aromatic heterocycles. The Labute approximate surface area is 166 Å². The van der Waals surface area contributed by atoms with Gasteiger partial charge in [-0.2, -0.15) is 5.10 Å². The summed E-state index contributed by atoms with van der Waals surface area (Å²) in [5, 5.41) is 8.21. The molecule has 4 heterocycles. The number of thioether (sulfide) groups is 1. The zero-order valence-electron chi connectivity index (χ0n) is 15.5. The molecule has 5 rings (SSSR count). The molecule has 2 aliphatic heterocycles. The summed E-state index contributed by atoms with van der Waals surface area (Å²) in [7, 11) is 0. The van der Waals surface area contributed by atoms with Crippen molar-refractivity contribution in [3.05, 3.63) is 42.7 Å². The number of anilines is 2. The van der Waals surface area contributed by atoms with Crippen molar-refractivity contribution in [1.82, 2.24) is 14.8 Å². The van der Waals surface area contributed by atoms with Gasteiger partial charge >= 0.3 is 0 Å². The molecule has 1 saturated heterocycles. The minimum atomic E-state index is -0.933. The molecule has 1 aromatic carbocycles. The van der Waals surface area contributed by atoms with Gasteiger partial charge in [-0.3, -0.25) is 14.5 Å². The molecular weight excluding hydrogens is 374 g/mol. The van der Waals surface area contributed by atoms with Gasteiger partial charge in [0, 0.05) is 22.7 Å². The van der Waals surface area contributed by atoms with Crippen LogP contribution in [0.5, 0.6) is 0 Å². The van der Waals surface area contributed by atoms with E-state index in [9.17, 15) is 9.59 Å². The first-order chi connectivity index (χ1) is 13.5. The zero-order valence-corrected chi connectivity index (χ0v) is 16.4. The normalized spacial score (nSPS) is 20.7. The van der Waals surface area contributed by atoms with E-state index < -0.39 is 4.87 Å². The van der Waals surface area contributed by atoms with E-state index in [4.69, 9.17) is 0 Å². The number of fused-ring (bicyclic) bond motifs is 4. The predicted molar refractivity (Wildman–Crippen MR) is 108 cm³/mol. The van der Waals surface area contributed by atoms with Gasteiger partial charge in [-0.15, -0.1) is 0 Å². The van der Waals surface area contributed by atoms with Crippen LogP contribution in [0.15, 0.2) is 47.6 Å². The van der Waals surface area contributed by atoms with Gasteiger partial charge in [0.15, 0.2) is 10.5 Å². The molecule has 28 heavy (non-hydrogen) atoms. The number of para-hydroxylation sites is 1. The average Bonchev–Trinajstić information content (AvgIpc) is 3.33. The molecule has 2 amide bonds. The largest absolute Gasteiger partial charge is 0.322 e. The second kappa shape index (κ2) is 6.07. The van der Waals surface area contributed by atoms with Crippen molar-refractivity contribution in [3.63, 3.8) is 0 Å². The fourth-order valence-corrected chi connectivity index (χ4v) is 5.33. The van der Waals surface area contributed by atoms with E-state index in [1.807, 2.05) is 48.9 Å². The summed E-state index contributed by atoms with van der Waals surface area (Å²) in [6.45, 7) is 4.09. The lowest BCUT2D eigenvalue weighted by Gasteiger charge is -2.29. The van der Waals surface area contributed by atoms with Crippen molar-refractivity contribution < 1.29 is 9.59 Å². The van der Waals surface area contributed by atoms with Gasteiger partial charge in [0.2, 0.25) is 5.91 Å². The first-order valence-corrected chi connectivity index (χ1v) is 10.1. The first-order valence-electron chi connectivity index (χ1n) is 9.25. The molecule has 3 aromatic rings. The molecule has 0 radical (unpaired) electrons. The Balaban J connectivity index is 1.47. The minimum Gasteiger partial charge on any atom is -0.322 e. The summed E-state index contributed by atoms with van der Waals surface area (Å²) >= 11 is 1.45. The lowest BCUT2D eigenvalue weighted by atomic mass is 10.1. The number of hydrogen-bond donors (Lipinski definition) is 1. The lowest BCUT2D eigenvalue weighted by molar-refractivity contribution is -0.121. The average molecular weight is 393 g/mol. The summed E-state index contributed by atoms with van der Waals surface area (Å²) in [5.41, 5.74) is 2.20. The van der Waals surface area contributed by atoms with Crippen molar-refractivity contribution in [2.45, 2.75) is 42.5 Å². The van der Waals surface area contributed by atoms with Gasteiger partial charge in [0.25, 0.3) is 5.91 Å². The Kier molecular flexibility index (Phi) is 3.74. The van der Waals surface area contributed by atoms with E-state index in [0.717, 1.165) is 21.6 Å². The third-order valence-electron chi connectivity index (χ3n) is 5.21. The van der Waals surface area contributed by atoms with Crippen LogP contribution in [0.1, 0.15) is 32.7 Å². The van der Waals surface area contributed by atoms with Crippen LogP contribution < -0.4 is 10.2 Å². The quantitative estimate of drug-likeness (QED) is 0.736. The summed E-state index contributed by atoms with van der Waals surface area (Å²) < 4.78 is 1.85. The zero-order chi connectivity index (χ0) is 19.5. The topological polar surface area (TPSA) is 80.1 Å². The second-order valence-corrected chi connectivity index (χ2v) is 8.68. The van der Waals surface area contributed by atoms with Gasteiger partial charge in [0.1, 0.15) is 0 Å². The summed E-state index contributed by atoms with van der Waals surface area (Å²) in [6.07, 6.45) is 4.25. The lowest BCUT2D eigenvalue weighted by Crippen LogP contribution is -2.49. The van der Waals surface area contributed by atoms with Crippen LogP contribution in [0.3, 0.4) is 0 Å². The van der Waals surface area contributed by atoms with Crippen molar-refractivity contribution in [2.24, 2.45) is 0 Å². The number of carbonyl (C=O) groups is 2. The monoisotopic (exact) mass is 393 g/mol. The number of carbonyl (C=O) groups excluding carboxylic acids is 2. The highest BCUT2D eigenvalue weighted by molar-refractivity contribution is 8.02. The van der Waals surface area contributed by atoms with Crippen molar-refractivity contribution in [1.29, 1.82) is 0 Å². The maximum absolute atomic E-state index is 13.3. The van der Waals surface area contributed by atoms with Crippen LogP contribution in [0.2, 0.25) is 0 Å². The van der Waals surface area contributed by atoms with Crippen LogP contribution >= 0.6 is 11.8 Å². The second-order valence-electron chi connectivity index (χ2n) is 7.36. The minimum absolute atomic E-state index is 0.0145. The Bertz CT molecular complexity index is 1120. The highest BCUT2D eigenvalue weighted by Gasteiger charge is 2.57. The van der Waals surface area contributed by atoms with Gasteiger partial charge in [-0.25, -0.2) is 9.67 Å². The number of pyridine rings is 1. The molecule has 142 valence electrons. The highest BCUT2D eigenvalue weighted by Crippen LogP contribution is 2.56. The smallest absolute Gasteiger partial charge is 0.261 e. The van der Waals surface area contributed by atoms with Gasteiger partial charge in [0.05, 0.1) is 23.8 Å². The number of nitrogens with one attached hydrogen (secondary N) is 1. The van der Waals surface area contributed by atoms with Crippen molar-refractivity contribution >= 4 is 46.0 Å². The number of rotatable bonds is 3. The highest BCUT2D eigenvalue weighted by atomic mass is 32.2. The molecule has 0 saturated carbocycles. The molecule has 1 fully saturated rings. The van der Waals surface area contributed by atoms with Crippen LogP contribution in [0.4, 0.5) is 11.4 Å². The molecule has 1 N–H and O–H groups in total. The van der Waals surface area contributed by atoms with E-state index in [2.05, 4.69) is 15.4 Å². The summed E-state index contributed by atoms with van der Waals surface area (Å²) in [6, 6.07) is 9.74. The van der Waals surface area contributed by atoms with Crippen LogP contribution in [-0.4, -0.2) is 31.4 Å². The van der Waals surface area contributed by atoms with Gasteiger partial charge in [-0.1, -0.05) is 23.9 Å². The van der Waals surface area contributed by atoms with Crippen molar-refractivity contribution in [2.75, 3.05) is 10.2 Å². The Morgan fingerprint density at radius 2 is 2.11 bits per heavy atom. The first kappa shape index (κ1) is 17.2. The molecule has 0 spiro atoms. The van der Waals surface area contributed by atoms with Crippen LogP contribution in [0, 0.1) is 0 Å². The van der Waals surface area contributed by atoms with Crippen LogP contribution in [0.25, 0.3) is 11.0 Å². The number of nitrogens with zero attached hydrogens (tertiary/aromatic N) is 4. The Morgan fingerprint density at radius 1 is 1.29 bits per heavy atom. The van der Waals surface area contributed by atoms with Gasteiger partial charge in [-0.05, 0) is 38.5 Å². The molecule has 2 aliphatic rings. The molecule has 8 heteroatoms. The molecule has 1 atom stereocenters. The maximum Gasteiger partial charge on any atom is 0.261 e. The standard InChI is InChI=1S/C20H19N5O2S/c1-12(2)25-18-13(10-22-25)9-14(11-21-18)23-19(27)20-8-7-17(26)24(20)15-5-3-4-6-16(15)28-20/h3-6,9-12H,7-8H2,1-2H3,(H,23,27)/t20-/m0/s1. The Morgan fingerprint density at radius 3 is 2.93 bits per heavy atom.